The van der Waals surface area contributed by atoms with E-state index < -0.39 is 59.7 Å². The van der Waals surface area contributed by atoms with Crippen LogP contribution in [-0.4, -0.2) is 93.3 Å². The average molecular weight is 764 g/mol. The zero-order chi connectivity index (χ0) is 43.0. The molecule has 0 saturated carbocycles. The molecule has 0 aromatic heterocycles. The topological polar surface area (TPSA) is 254 Å². The van der Waals surface area contributed by atoms with E-state index in [0.29, 0.717) is 5.25 Å². The number of allylic oxidation sites excluding steroid dienone is 3. The molecule has 304 valence electrons. The highest BCUT2D eigenvalue weighted by Crippen LogP contribution is 2.01. The maximum atomic E-state index is 12.1. The van der Waals surface area contributed by atoms with Gasteiger partial charge in [0.15, 0.2) is 0 Å². The highest BCUT2D eigenvalue weighted by Gasteiger charge is 2.24. The lowest BCUT2D eigenvalue weighted by atomic mass is 10.0. The smallest absolute Gasteiger partial charge is 0.325 e. The van der Waals surface area contributed by atoms with Gasteiger partial charge < -0.3 is 42.3 Å². The molecule has 9 N–H and O–H groups in total. The van der Waals surface area contributed by atoms with Gasteiger partial charge in [0.05, 0.1) is 13.1 Å². The summed E-state index contributed by atoms with van der Waals surface area (Å²) in [6.45, 7) is 23.0. The molecule has 0 fully saturated rings. The van der Waals surface area contributed by atoms with Crippen LogP contribution in [0, 0.1) is 24.7 Å². The van der Waals surface area contributed by atoms with Crippen molar-refractivity contribution in [2.24, 2.45) is 17.6 Å². The molecule has 0 aliphatic rings. The Labute approximate surface area is 317 Å². The number of aliphatic carboxylic acids is 3. The van der Waals surface area contributed by atoms with Gasteiger partial charge in [-0.15, -0.1) is 12.8 Å². The summed E-state index contributed by atoms with van der Waals surface area (Å²) in [5, 5.41) is 33.9. The maximum absolute atomic E-state index is 12.1. The quantitative estimate of drug-likeness (QED) is 0.0702. The molecule has 0 aliphatic heterocycles. The predicted octanol–water partition coefficient (Wildman–Crippen LogP) is 3.63. The van der Waals surface area contributed by atoms with Gasteiger partial charge in [0.25, 0.3) is 5.97 Å². The fourth-order valence-corrected chi connectivity index (χ4v) is 2.50. The lowest BCUT2D eigenvalue weighted by molar-refractivity contribution is -0.141. The number of amides is 4. The number of hydrogen-bond donors (Lipinski definition) is 9. The van der Waals surface area contributed by atoms with Gasteiger partial charge in [0, 0.05) is 31.1 Å². The number of terminal acetylenes is 1. The molecule has 15 nitrogen and oxygen atoms in total. The predicted molar refractivity (Wildman–Crippen MR) is 212 cm³/mol. The number of carbonyl (C=O) groups excluding carboxylic acids is 4. The van der Waals surface area contributed by atoms with Crippen LogP contribution in [0.15, 0.2) is 24.3 Å². The molecule has 0 aliphatic carbocycles. The molecule has 52 heavy (non-hydrogen) atoms. The molecule has 0 radical (unpaired) electrons. The number of nitrogens with one attached hydrogen (secondary N) is 4. The third kappa shape index (κ3) is 64.2. The van der Waals surface area contributed by atoms with Gasteiger partial charge in [0.1, 0.15) is 12.1 Å². The van der Waals surface area contributed by atoms with Crippen molar-refractivity contribution in [3.05, 3.63) is 24.3 Å². The molecule has 0 bridgehead atoms. The summed E-state index contributed by atoms with van der Waals surface area (Å²) in [6, 6.07) is -2.42. The summed E-state index contributed by atoms with van der Waals surface area (Å²) in [6.07, 6.45) is 16.1. The van der Waals surface area contributed by atoms with E-state index in [1.165, 1.54) is 6.92 Å². The Kier molecular flexibility index (Phi) is 53.9. The van der Waals surface area contributed by atoms with Gasteiger partial charge in [-0.3, -0.25) is 33.6 Å². The van der Waals surface area contributed by atoms with E-state index in [0.717, 1.165) is 12.8 Å². The van der Waals surface area contributed by atoms with Crippen LogP contribution in [0.5, 0.6) is 0 Å². The average Bonchev–Trinajstić information content (AvgIpc) is 3.03. The van der Waals surface area contributed by atoms with Crippen LogP contribution in [0.1, 0.15) is 103 Å². The largest absolute Gasteiger partial charge is 0.481 e. The summed E-state index contributed by atoms with van der Waals surface area (Å²) >= 11 is 4.15. The second-order valence-electron chi connectivity index (χ2n) is 11.2. The molecule has 0 heterocycles. The Morgan fingerprint density at radius 2 is 1.21 bits per heavy atom. The van der Waals surface area contributed by atoms with Crippen molar-refractivity contribution in [3.63, 3.8) is 0 Å². The van der Waals surface area contributed by atoms with E-state index >= 15 is 0 Å². The monoisotopic (exact) mass is 763 g/mol. The first-order valence-electron chi connectivity index (χ1n) is 16.8. The number of carbonyl (C=O) groups is 7. The van der Waals surface area contributed by atoms with Crippen LogP contribution in [0.4, 0.5) is 0 Å². The van der Waals surface area contributed by atoms with Gasteiger partial charge in [-0.2, -0.15) is 12.6 Å². The Hall–Kier alpha value is -4.36. The number of rotatable bonds is 14. The first-order valence-corrected chi connectivity index (χ1v) is 17.3. The molecule has 4 amide bonds. The zero-order valence-corrected chi connectivity index (χ0v) is 34.4. The van der Waals surface area contributed by atoms with Crippen molar-refractivity contribution in [1.29, 1.82) is 0 Å². The molecule has 0 rings (SSSR count). The normalized spacial score (nSPS) is 11.7. The Morgan fingerprint density at radius 3 is 1.52 bits per heavy atom. The van der Waals surface area contributed by atoms with Gasteiger partial charge in [-0.25, -0.2) is 0 Å². The summed E-state index contributed by atoms with van der Waals surface area (Å²) in [7, 11) is 0. The number of thiol groups is 1. The van der Waals surface area contributed by atoms with Gasteiger partial charge in [-0.05, 0) is 39.5 Å². The molecular weight excluding hydrogens is 694 g/mol. The molecule has 0 spiro atoms. The molecule has 0 aromatic rings. The summed E-state index contributed by atoms with van der Waals surface area (Å²) in [5.41, 5.74) is 5.21. The van der Waals surface area contributed by atoms with Crippen LogP contribution in [0.3, 0.4) is 0 Å². The fraction of sp³-hybridized carbons (Fsp3) is 0.639. The summed E-state index contributed by atoms with van der Waals surface area (Å²) in [5.74, 6) is -4.17. The van der Waals surface area contributed by atoms with E-state index in [4.69, 9.17) is 25.8 Å². The van der Waals surface area contributed by atoms with Crippen LogP contribution in [0.25, 0.3) is 0 Å². The van der Waals surface area contributed by atoms with E-state index in [-0.39, 0.29) is 31.8 Å². The van der Waals surface area contributed by atoms with Crippen molar-refractivity contribution in [3.8, 4) is 12.8 Å². The lowest BCUT2D eigenvalue weighted by Crippen LogP contribution is -2.53. The van der Waals surface area contributed by atoms with E-state index in [1.54, 1.807) is 27.7 Å². The third-order valence-corrected chi connectivity index (χ3v) is 4.69. The standard InChI is InChI=1S/C16H29N5O6.C7H12S.C4H10.C3H6O2.C2H4O2.C2H6.C2H2/c1-8(2)14(21-12(23)6-17)15(25)18-7-13(24)19-9(3)5-11(22)20-10(4)16(26)27;1-3-4-5-6-7(2)8;1-4(2)3;1-2-3(4)5;1-2(3)4;2*1-2/h8-10,14H,5-7,17H2,1-4H3,(H,18,25)(H,19,24)(H,20,22)(H,21,23)(H,26,27);3-8H,1-2H3;4H,1-3H3;2H2,1H3,(H,4,5);1H3,(H,3,4);1-2H3;1-2H/b;4-3-,6-5-;;;;;. The van der Waals surface area contributed by atoms with Crippen molar-refractivity contribution < 1.29 is 48.9 Å². The SMILES string of the molecule is C#C.C/C=C\C=C/C(C)S.CC.CC(=O)O.CC(C)C.CC(CC(=O)NC(C)C(=O)O)NC(=O)CNC(=O)C(NC(=O)CN)C(C)C.CCC(=O)O. The van der Waals surface area contributed by atoms with E-state index in [1.807, 2.05) is 52.0 Å². The number of nitrogens with two attached hydrogens (primary N) is 1. The third-order valence-electron chi connectivity index (χ3n) is 4.52. The highest BCUT2D eigenvalue weighted by molar-refractivity contribution is 7.81. The molecular formula is C36H69N5O10S. The van der Waals surface area contributed by atoms with Crippen molar-refractivity contribution >= 4 is 54.2 Å². The number of hydrogen-bond acceptors (Lipinski definition) is 9. The Morgan fingerprint density at radius 1 is 0.788 bits per heavy atom. The van der Waals surface area contributed by atoms with Crippen molar-refractivity contribution in [2.75, 3.05) is 13.1 Å². The van der Waals surface area contributed by atoms with Crippen LogP contribution in [0.2, 0.25) is 0 Å². The van der Waals surface area contributed by atoms with Crippen LogP contribution >= 0.6 is 12.6 Å². The van der Waals surface area contributed by atoms with Crippen molar-refractivity contribution in [2.45, 2.75) is 126 Å². The lowest BCUT2D eigenvalue weighted by Gasteiger charge is -2.21. The molecule has 4 unspecified atom stereocenters. The number of carboxylic acids is 3. The second kappa shape index (κ2) is 44.7. The Balaban J connectivity index is -0.000000130. The second-order valence-corrected chi connectivity index (χ2v) is 12.0. The fourth-order valence-electron chi connectivity index (χ4n) is 2.40. The maximum Gasteiger partial charge on any atom is 0.325 e. The van der Waals surface area contributed by atoms with E-state index in [2.05, 4.69) is 67.5 Å². The minimum absolute atomic E-state index is 0.113. The molecule has 0 saturated heterocycles. The van der Waals surface area contributed by atoms with Crippen molar-refractivity contribution in [1.82, 2.24) is 21.3 Å². The number of carboxylic acid groups (broad SMARTS) is 3. The summed E-state index contributed by atoms with van der Waals surface area (Å²) < 4.78 is 0. The van der Waals surface area contributed by atoms with E-state index in [9.17, 15) is 28.8 Å². The molecule has 4 atom stereocenters. The Bertz CT molecular complexity index is 1040. The first-order chi connectivity index (χ1) is 24.0. The molecule has 16 heteroatoms. The molecule has 0 aromatic carbocycles. The first kappa shape index (κ1) is 62.7. The van der Waals surface area contributed by atoms with Gasteiger partial charge >= 0.3 is 11.9 Å². The van der Waals surface area contributed by atoms with Gasteiger partial charge in [0.2, 0.25) is 23.6 Å². The van der Waals surface area contributed by atoms with Crippen LogP contribution < -0.4 is 27.0 Å². The van der Waals surface area contributed by atoms with Gasteiger partial charge in [-0.1, -0.05) is 79.7 Å². The summed E-state index contributed by atoms with van der Waals surface area (Å²) in [4.78, 5) is 76.1. The minimum Gasteiger partial charge on any atom is -0.481 e. The zero-order valence-electron chi connectivity index (χ0n) is 33.5. The highest BCUT2D eigenvalue weighted by atomic mass is 32.1. The van der Waals surface area contributed by atoms with Crippen LogP contribution in [-0.2, 0) is 33.6 Å². The minimum atomic E-state index is -1.16.